The van der Waals surface area contributed by atoms with Crippen molar-refractivity contribution in [2.75, 3.05) is 6.61 Å². The van der Waals surface area contributed by atoms with Crippen molar-refractivity contribution in [3.05, 3.63) is 0 Å². The van der Waals surface area contributed by atoms with Crippen LogP contribution < -0.4 is 0 Å². The predicted molar refractivity (Wildman–Crippen MR) is 178 cm³/mol. The molecule has 0 heterocycles. The zero-order valence-electron chi connectivity index (χ0n) is 30.5. The van der Waals surface area contributed by atoms with E-state index >= 15 is 0 Å². The molecule has 0 bridgehead atoms. The molecule has 0 spiro atoms. The van der Waals surface area contributed by atoms with E-state index in [2.05, 4.69) is 48.5 Å². The van der Waals surface area contributed by atoms with Gasteiger partial charge in [-0.05, 0) is 130 Å². The normalized spacial score (nSPS) is 41.1. The van der Waals surface area contributed by atoms with Gasteiger partial charge < -0.3 is 14.6 Å². The summed E-state index contributed by atoms with van der Waals surface area (Å²) in [4.78, 5) is 37.8. The molecule has 4 fully saturated rings. The summed E-state index contributed by atoms with van der Waals surface area (Å²) in [5, 5.41) is 9.24. The van der Waals surface area contributed by atoms with Crippen LogP contribution >= 0.6 is 0 Å². The van der Waals surface area contributed by atoms with Gasteiger partial charge >= 0.3 is 17.9 Å². The standard InChI is InChI=1S/C39H66O6/c1-11-13-27-28-15-14-26-24-36(7)20-17-30(45-32(42)18-19-34(3,4)25-31(40)41)35(5,6)29(36)16-21-38(26,9)39(28,10)23-22-37(27,8)33(43)44-12-2/h26-30H,11-25H2,1-10H3,(H,40,41)/t26?,27-,28-,29?,30?,36?,37?,38?,39-/m1/s1. The first-order valence-electron chi connectivity index (χ1n) is 18.4. The van der Waals surface area contributed by atoms with Crippen LogP contribution in [0.3, 0.4) is 0 Å². The minimum atomic E-state index is -0.828. The van der Waals surface area contributed by atoms with Gasteiger partial charge in [-0.25, -0.2) is 0 Å². The zero-order valence-corrected chi connectivity index (χ0v) is 30.5. The minimum absolute atomic E-state index is 0.0185. The number of fused-ring (bicyclic) bond motifs is 4. The van der Waals surface area contributed by atoms with Gasteiger partial charge in [0.15, 0.2) is 0 Å². The maximum Gasteiger partial charge on any atom is 0.312 e. The van der Waals surface area contributed by atoms with E-state index in [0.717, 1.165) is 44.9 Å². The highest BCUT2D eigenvalue weighted by atomic mass is 16.5. The van der Waals surface area contributed by atoms with Crippen LogP contribution in [0, 0.1) is 56.2 Å². The third-order valence-corrected chi connectivity index (χ3v) is 14.8. The second-order valence-corrected chi connectivity index (χ2v) is 18.3. The third-order valence-electron chi connectivity index (χ3n) is 14.8. The Morgan fingerprint density at radius 3 is 2.18 bits per heavy atom. The highest BCUT2D eigenvalue weighted by Crippen LogP contribution is 2.72. The fourth-order valence-electron chi connectivity index (χ4n) is 11.8. The largest absolute Gasteiger partial charge is 0.481 e. The number of esters is 2. The summed E-state index contributed by atoms with van der Waals surface area (Å²) >= 11 is 0. The molecule has 258 valence electrons. The molecule has 0 aliphatic heterocycles. The molecule has 0 amide bonds. The van der Waals surface area contributed by atoms with Crippen LogP contribution in [0.2, 0.25) is 0 Å². The average Bonchev–Trinajstić information content (AvgIpc) is 3.06. The first kappa shape index (κ1) is 36.2. The van der Waals surface area contributed by atoms with Crippen LogP contribution in [0.25, 0.3) is 0 Å². The van der Waals surface area contributed by atoms with Crippen molar-refractivity contribution in [2.45, 2.75) is 165 Å². The van der Waals surface area contributed by atoms with E-state index in [4.69, 9.17) is 9.47 Å². The molecule has 4 aliphatic carbocycles. The second kappa shape index (κ2) is 12.8. The molecule has 4 rings (SSSR count). The SMILES string of the molecule is CCC[C@@H]1[C@H]2CCC3CC4(C)CCC(OC(=O)CCC(C)(C)CC(=O)O)C(C)(C)C4CCC3(C)[C@]2(C)CCC1(C)C(=O)OCC. The molecular weight excluding hydrogens is 564 g/mol. The Kier molecular flexibility index (Phi) is 10.3. The molecule has 1 N–H and O–H groups in total. The van der Waals surface area contributed by atoms with Crippen LogP contribution in [-0.4, -0.2) is 35.7 Å². The summed E-state index contributed by atoms with van der Waals surface area (Å²) in [6.07, 6.45) is 12.9. The summed E-state index contributed by atoms with van der Waals surface area (Å²) in [6.45, 7) is 23.1. The van der Waals surface area contributed by atoms with Crippen molar-refractivity contribution >= 4 is 17.9 Å². The number of hydrogen-bond donors (Lipinski definition) is 1. The highest BCUT2D eigenvalue weighted by molar-refractivity contribution is 5.77. The monoisotopic (exact) mass is 630 g/mol. The molecule has 9 atom stereocenters. The Balaban J connectivity index is 1.55. The zero-order chi connectivity index (χ0) is 33.6. The number of carboxylic acid groups (broad SMARTS) is 1. The molecule has 6 nitrogen and oxygen atoms in total. The first-order valence-corrected chi connectivity index (χ1v) is 18.4. The van der Waals surface area contributed by atoms with Crippen molar-refractivity contribution in [1.82, 2.24) is 0 Å². The topological polar surface area (TPSA) is 89.9 Å². The van der Waals surface area contributed by atoms with Crippen LogP contribution in [0.15, 0.2) is 0 Å². The predicted octanol–water partition coefficient (Wildman–Crippen LogP) is 9.62. The lowest BCUT2D eigenvalue weighted by Crippen LogP contribution is -2.60. The smallest absolute Gasteiger partial charge is 0.312 e. The fourth-order valence-corrected chi connectivity index (χ4v) is 11.8. The number of carbonyl (C=O) groups excluding carboxylic acids is 2. The molecular formula is C39H66O6. The number of ether oxygens (including phenoxy) is 2. The maximum atomic E-state index is 13.4. The Morgan fingerprint density at radius 2 is 1.56 bits per heavy atom. The van der Waals surface area contributed by atoms with Crippen molar-refractivity contribution in [2.24, 2.45) is 56.2 Å². The molecule has 0 saturated heterocycles. The third kappa shape index (κ3) is 6.48. The molecule has 45 heavy (non-hydrogen) atoms. The Labute approximate surface area is 274 Å². The van der Waals surface area contributed by atoms with Gasteiger partial charge in [0.2, 0.25) is 0 Å². The molecule has 4 saturated carbocycles. The number of rotatable bonds is 10. The van der Waals surface area contributed by atoms with Gasteiger partial charge in [0.05, 0.1) is 18.4 Å². The van der Waals surface area contributed by atoms with E-state index in [-0.39, 0.29) is 52.5 Å². The van der Waals surface area contributed by atoms with Crippen LogP contribution in [-0.2, 0) is 23.9 Å². The first-order chi connectivity index (χ1) is 20.8. The quantitative estimate of drug-likeness (QED) is 0.242. The second-order valence-electron chi connectivity index (χ2n) is 18.3. The van der Waals surface area contributed by atoms with Gasteiger partial charge in [-0.1, -0.05) is 61.8 Å². The van der Waals surface area contributed by atoms with Crippen molar-refractivity contribution in [1.29, 1.82) is 0 Å². The van der Waals surface area contributed by atoms with Crippen LogP contribution in [0.5, 0.6) is 0 Å². The Hall–Kier alpha value is -1.59. The molecule has 0 aromatic carbocycles. The van der Waals surface area contributed by atoms with Crippen LogP contribution in [0.4, 0.5) is 0 Å². The molecule has 6 heteroatoms. The van der Waals surface area contributed by atoms with E-state index in [1.165, 1.54) is 25.7 Å². The van der Waals surface area contributed by atoms with E-state index in [1.54, 1.807) is 0 Å². The van der Waals surface area contributed by atoms with Gasteiger partial charge in [-0.3, -0.25) is 14.4 Å². The van der Waals surface area contributed by atoms with Crippen molar-refractivity contribution in [3.8, 4) is 0 Å². The van der Waals surface area contributed by atoms with E-state index in [0.29, 0.717) is 36.7 Å². The van der Waals surface area contributed by atoms with Crippen molar-refractivity contribution in [3.63, 3.8) is 0 Å². The molecule has 6 unspecified atom stereocenters. The average molecular weight is 631 g/mol. The van der Waals surface area contributed by atoms with Gasteiger partial charge in [0, 0.05) is 11.8 Å². The Bertz CT molecular complexity index is 1110. The summed E-state index contributed by atoms with van der Waals surface area (Å²) in [6, 6.07) is 0. The van der Waals surface area contributed by atoms with Gasteiger partial charge in [0.25, 0.3) is 0 Å². The van der Waals surface area contributed by atoms with E-state index in [9.17, 15) is 19.5 Å². The summed E-state index contributed by atoms with van der Waals surface area (Å²) in [5.41, 5.74) is -0.371. The number of hydrogen-bond acceptors (Lipinski definition) is 5. The lowest BCUT2D eigenvalue weighted by atomic mass is 9.39. The van der Waals surface area contributed by atoms with Crippen molar-refractivity contribution < 1.29 is 29.0 Å². The minimum Gasteiger partial charge on any atom is -0.481 e. The number of carbonyl (C=O) groups is 3. The van der Waals surface area contributed by atoms with Crippen LogP contribution in [0.1, 0.15) is 159 Å². The number of aliphatic carboxylic acids is 1. The van der Waals surface area contributed by atoms with Gasteiger partial charge in [-0.15, -0.1) is 0 Å². The maximum absolute atomic E-state index is 13.4. The molecule has 0 aromatic heterocycles. The van der Waals surface area contributed by atoms with E-state index < -0.39 is 16.8 Å². The van der Waals surface area contributed by atoms with E-state index in [1.807, 2.05) is 20.8 Å². The number of carboxylic acids is 1. The molecule has 0 radical (unpaired) electrons. The highest BCUT2D eigenvalue weighted by Gasteiger charge is 2.66. The van der Waals surface area contributed by atoms with Gasteiger partial charge in [0.1, 0.15) is 6.10 Å². The Morgan fingerprint density at radius 1 is 0.867 bits per heavy atom. The molecule has 4 aliphatic rings. The lowest BCUT2D eigenvalue weighted by Gasteiger charge is -2.65. The fraction of sp³-hybridized carbons (Fsp3) is 0.923. The molecule has 0 aromatic rings. The lowest BCUT2D eigenvalue weighted by molar-refractivity contribution is -0.192. The summed E-state index contributed by atoms with van der Waals surface area (Å²) in [7, 11) is 0. The summed E-state index contributed by atoms with van der Waals surface area (Å²) < 4.78 is 12.0. The van der Waals surface area contributed by atoms with Gasteiger partial charge in [-0.2, -0.15) is 0 Å². The summed E-state index contributed by atoms with van der Waals surface area (Å²) in [5.74, 6) is 1.02.